The maximum atomic E-state index is 6.23. The van der Waals surface area contributed by atoms with Crippen LogP contribution < -0.4 is 5.46 Å². The summed E-state index contributed by atoms with van der Waals surface area (Å²) in [6.07, 6.45) is 0. The van der Waals surface area contributed by atoms with Crippen LogP contribution in [0.15, 0.2) is 18.2 Å². The molecule has 0 amide bonds. The second-order valence-electron chi connectivity index (χ2n) is 8.60. The van der Waals surface area contributed by atoms with Gasteiger partial charge in [0.2, 0.25) is 0 Å². The first-order chi connectivity index (χ1) is 12.8. The monoisotopic (exact) mass is 371 g/mol. The van der Waals surface area contributed by atoms with Gasteiger partial charge in [-0.3, -0.25) is 4.90 Å². The first kappa shape index (κ1) is 18.9. The zero-order valence-corrected chi connectivity index (χ0v) is 17.1. The Kier molecular flexibility index (Phi) is 4.83. The Morgan fingerprint density at radius 1 is 1.04 bits per heavy atom. The molecule has 4 rings (SSSR count). The first-order valence-electron chi connectivity index (χ1n) is 9.89. The van der Waals surface area contributed by atoms with Gasteiger partial charge in [-0.1, -0.05) is 6.07 Å². The molecule has 0 saturated carbocycles. The number of imidazole rings is 1. The molecule has 2 aromatic rings. The van der Waals surface area contributed by atoms with Crippen molar-refractivity contribution in [2.24, 2.45) is 0 Å². The van der Waals surface area contributed by atoms with E-state index in [0.29, 0.717) is 0 Å². The van der Waals surface area contributed by atoms with Gasteiger partial charge in [0.05, 0.1) is 35.4 Å². The summed E-state index contributed by atoms with van der Waals surface area (Å²) in [7, 11) is -0.345. The third-order valence-electron chi connectivity index (χ3n) is 6.23. The maximum absolute atomic E-state index is 6.23. The van der Waals surface area contributed by atoms with Crippen LogP contribution in [-0.4, -0.2) is 65.6 Å². The molecule has 0 bridgehead atoms. The lowest BCUT2D eigenvalue weighted by molar-refractivity contribution is 0.00578. The fraction of sp³-hybridized carbons (Fsp3) is 0.650. The fourth-order valence-corrected chi connectivity index (χ4v) is 3.73. The minimum atomic E-state index is -0.345. The molecule has 1 aromatic heterocycles. The average Bonchev–Trinajstić information content (AvgIpc) is 3.05. The second kappa shape index (κ2) is 6.89. The van der Waals surface area contributed by atoms with E-state index in [1.54, 1.807) is 0 Å². The number of hydrogen-bond donors (Lipinski definition) is 0. The smallest absolute Gasteiger partial charge is 0.399 e. The van der Waals surface area contributed by atoms with Crippen LogP contribution in [0.4, 0.5) is 0 Å². The highest BCUT2D eigenvalue weighted by molar-refractivity contribution is 6.62. The number of benzene rings is 1. The van der Waals surface area contributed by atoms with Gasteiger partial charge in [0.1, 0.15) is 5.82 Å². The molecule has 1 aromatic carbocycles. The quantitative estimate of drug-likeness (QED) is 0.770. The molecule has 3 heterocycles. The summed E-state index contributed by atoms with van der Waals surface area (Å²) in [5.74, 6) is 1.05. The molecule has 0 aliphatic carbocycles. The van der Waals surface area contributed by atoms with Crippen LogP contribution in [-0.2, 0) is 20.6 Å². The normalized spacial score (nSPS) is 22.6. The maximum Gasteiger partial charge on any atom is 0.494 e. The Morgan fingerprint density at radius 2 is 1.70 bits per heavy atom. The van der Waals surface area contributed by atoms with E-state index in [2.05, 4.69) is 62.3 Å². The molecule has 146 valence electrons. The number of fused-ring (bicyclic) bond motifs is 1. The zero-order valence-electron chi connectivity index (χ0n) is 17.1. The van der Waals surface area contributed by atoms with Crippen molar-refractivity contribution >= 4 is 23.6 Å². The van der Waals surface area contributed by atoms with Crippen molar-refractivity contribution in [2.45, 2.75) is 52.4 Å². The van der Waals surface area contributed by atoms with E-state index < -0.39 is 0 Å². The number of aryl methyl sites for hydroxylation is 1. The van der Waals surface area contributed by atoms with E-state index in [1.165, 1.54) is 0 Å². The first-order valence-corrected chi connectivity index (χ1v) is 9.89. The average molecular weight is 371 g/mol. The van der Waals surface area contributed by atoms with Crippen LogP contribution >= 0.6 is 0 Å². The Morgan fingerprint density at radius 3 is 2.37 bits per heavy atom. The Bertz CT molecular complexity index is 811. The molecule has 2 fully saturated rings. The molecular weight excluding hydrogens is 341 g/mol. The topological polar surface area (TPSA) is 48.8 Å². The lowest BCUT2D eigenvalue weighted by Gasteiger charge is -2.32. The van der Waals surface area contributed by atoms with Crippen LogP contribution in [0.5, 0.6) is 0 Å². The molecule has 0 N–H and O–H groups in total. The molecule has 0 spiro atoms. The lowest BCUT2D eigenvalue weighted by atomic mass is 9.79. The van der Waals surface area contributed by atoms with E-state index in [1.807, 2.05) is 0 Å². The SMILES string of the molecule is Cc1nc2ccc(B3OC(C)(C)C(C)(C)O3)cc2n1CCN1CCOCC1. The zero-order chi connectivity index (χ0) is 19.2. The van der Waals surface area contributed by atoms with Gasteiger partial charge in [0.15, 0.2) is 0 Å². The van der Waals surface area contributed by atoms with Gasteiger partial charge >= 0.3 is 7.12 Å². The summed E-state index contributed by atoms with van der Waals surface area (Å²) in [6.45, 7) is 16.0. The number of ether oxygens (including phenoxy) is 1. The van der Waals surface area contributed by atoms with Gasteiger partial charge in [0.25, 0.3) is 0 Å². The molecule has 2 aliphatic heterocycles. The minimum Gasteiger partial charge on any atom is -0.399 e. The lowest BCUT2D eigenvalue weighted by Crippen LogP contribution is -2.41. The van der Waals surface area contributed by atoms with Crippen LogP contribution in [0.2, 0.25) is 0 Å². The van der Waals surface area contributed by atoms with Crippen molar-refractivity contribution in [3.05, 3.63) is 24.0 Å². The van der Waals surface area contributed by atoms with Crippen LogP contribution in [0.3, 0.4) is 0 Å². The number of rotatable bonds is 4. The van der Waals surface area contributed by atoms with Gasteiger partial charge in [0, 0.05) is 26.2 Å². The number of nitrogens with zero attached hydrogens (tertiary/aromatic N) is 3. The van der Waals surface area contributed by atoms with Crippen molar-refractivity contribution in [3.63, 3.8) is 0 Å². The number of aromatic nitrogens is 2. The van der Waals surface area contributed by atoms with E-state index >= 15 is 0 Å². The third-order valence-corrected chi connectivity index (χ3v) is 6.23. The largest absolute Gasteiger partial charge is 0.494 e. The predicted molar refractivity (Wildman–Crippen MR) is 107 cm³/mol. The third kappa shape index (κ3) is 3.54. The number of morpholine rings is 1. The molecule has 0 radical (unpaired) electrons. The standard InChI is InChI=1S/C20H30BN3O3/c1-15-22-17-7-6-16(21-26-19(2,3)20(4,5)27-21)14-18(17)24(15)9-8-23-10-12-25-13-11-23/h6-7,14H,8-13H2,1-5H3. The van der Waals surface area contributed by atoms with Crippen LogP contribution in [0.1, 0.15) is 33.5 Å². The second-order valence-corrected chi connectivity index (χ2v) is 8.60. The summed E-state index contributed by atoms with van der Waals surface area (Å²) in [6, 6.07) is 6.33. The minimum absolute atomic E-state index is 0.334. The number of hydrogen-bond acceptors (Lipinski definition) is 5. The van der Waals surface area contributed by atoms with Gasteiger partial charge in [-0.25, -0.2) is 4.98 Å². The fourth-order valence-electron chi connectivity index (χ4n) is 3.73. The molecule has 27 heavy (non-hydrogen) atoms. The molecule has 0 atom stereocenters. The van der Waals surface area contributed by atoms with E-state index in [0.717, 1.165) is 61.7 Å². The molecule has 7 heteroatoms. The Hall–Kier alpha value is -1.41. The highest BCUT2D eigenvalue weighted by Crippen LogP contribution is 2.36. The molecule has 6 nitrogen and oxygen atoms in total. The molecule has 0 unspecified atom stereocenters. The summed E-state index contributed by atoms with van der Waals surface area (Å²) in [5.41, 5.74) is 2.55. The van der Waals surface area contributed by atoms with Crippen molar-refractivity contribution in [3.8, 4) is 0 Å². The molecule has 2 aliphatic rings. The van der Waals surface area contributed by atoms with Crippen molar-refractivity contribution in [1.82, 2.24) is 14.5 Å². The van der Waals surface area contributed by atoms with Crippen molar-refractivity contribution < 1.29 is 14.0 Å². The van der Waals surface area contributed by atoms with E-state index in [4.69, 9.17) is 19.0 Å². The Labute approximate surface area is 161 Å². The van der Waals surface area contributed by atoms with Crippen molar-refractivity contribution in [1.29, 1.82) is 0 Å². The van der Waals surface area contributed by atoms with E-state index in [9.17, 15) is 0 Å². The summed E-state index contributed by atoms with van der Waals surface area (Å²) in [4.78, 5) is 7.19. The van der Waals surface area contributed by atoms with E-state index in [-0.39, 0.29) is 18.3 Å². The highest BCUT2D eigenvalue weighted by Gasteiger charge is 2.51. The molecule has 2 saturated heterocycles. The van der Waals surface area contributed by atoms with Crippen LogP contribution in [0.25, 0.3) is 11.0 Å². The van der Waals surface area contributed by atoms with Crippen molar-refractivity contribution in [2.75, 3.05) is 32.8 Å². The summed E-state index contributed by atoms with van der Waals surface area (Å²) < 4.78 is 20.2. The summed E-state index contributed by atoms with van der Waals surface area (Å²) >= 11 is 0. The van der Waals surface area contributed by atoms with Gasteiger partial charge in [-0.2, -0.15) is 0 Å². The van der Waals surface area contributed by atoms with Crippen LogP contribution in [0, 0.1) is 6.92 Å². The van der Waals surface area contributed by atoms with Gasteiger partial charge in [-0.15, -0.1) is 0 Å². The van der Waals surface area contributed by atoms with Gasteiger partial charge < -0.3 is 18.6 Å². The van der Waals surface area contributed by atoms with Gasteiger partial charge in [-0.05, 0) is 52.2 Å². The predicted octanol–water partition coefficient (Wildman–Crippen LogP) is 1.98. The molecular formula is C20H30BN3O3. The highest BCUT2D eigenvalue weighted by atomic mass is 16.7. The Balaban J connectivity index is 1.58. The summed E-state index contributed by atoms with van der Waals surface area (Å²) in [5, 5.41) is 0.